The zero-order valence-electron chi connectivity index (χ0n) is 13.3. The summed E-state index contributed by atoms with van der Waals surface area (Å²) in [6.07, 6.45) is 3.29. The van der Waals surface area contributed by atoms with Gasteiger partial charge in [-0.25, -0.2) is 4.98 Å². The van der Waals surface area contributed by atoms with Gasteiger partial charge in [-0.3, -0.25) is 14.9 Å². The van der Waals surface area contributed by atoms with Crippen LogP contribution in [0.25, 0.3) is 10.8 Å². The Hall–Kier alpha value is -3.02. The molecular formula is C18H17N3O3. The molecule has 0 aliphatic heterocycles. The highest BCUT2D eigenvalue weighted by molar-refractivity contribution is 5.94. The lowest BCUT2D eigenvalue weighted by atomic mass is 9.89. The smallest absolute Gasteiger partial charge is 0.211 e. The maximum atomic E-state index is 12.5. The van der Waals surface area contributed by atoms with E-state index >= 15 is 0 Å². The molecule has 122 valence electrons. The first-order valence-corrected chi connectivity index (χ1v) is 7.66. The Morgan fingerprint density at radius 2 is 2.00 bits per heavy atom. The fourth-order valence-corrected chi connectivity index (χ4v) is 3.01. The summed E-state index contributed by atoms with van der Waals surface area (Å²) in [4.78, 5) is 27.3. The lowest BCUT2D eigenvalue weighted by Crippen LogP contribution is -2.18. The largest absolute Gasteiger partial charge is 0.332 e. The minimum atomic E-state index is -0.490. The number of aryl methyl sites for hydroxylation is 1. The molecule has 0 saturated carbocycles. The van der Waals surface area contributed by atoms with Gasteiger partial charge in [0.25, 0.3) is 0 Å². The molecule has 0 N–H and O–H groups in total. The van der Waals surface area contributed by atoms with E-state index < -0.39 is 5.92 Å². The summed E-state index contributed by atoms with van der Waals surface area (Å²) in [6, 6.07) is 13.4. The van der Waals surface area contributed by atoms with Crippen LogP contribution in [0, 0.1) is 10.1 Å². The van der Waals surface area contributed by atoms with Gasteiger partial charge in [0.1, 0.15) is 0 Å². The summed E-state index contributed by atoms with van der Waals surface area (Å²) in [5.74, 6) is -0.360. The second-order valence-corrected chi connectivity index (χ2v) is 5.77. The Balaban J connectivity index is 1.98. The Labute approximate surface area is 138 Å². The Kier molecular flexibility index (Phi) is 4.37. The Morgan fingerprint density at radius 1 is 1.25 bits per heavy atom. The lowest BCUT2D eigenvalue weighted by molar-refractivity contribution is -0.483. The first-order chi connectivity index (χ1) is 11.6. The maximum absolute atomic E-state index is 12.5. The van der Waals surface area contributed by atoms with Crippen LogP contribution in [-0.4, -0.2) is 26.8 Å². The molecule has 6 heteroatoms. The van der Waals surface area contributed by atoms with E-state index in [0.29, 0.717) is 5.82 Å². The molecule has 0 unspecified atom stereocenters. The zero-order valence-corrected chi connectivity index (χ0v) is 13.3. The molecule has 0 bridgehead atoms. The Morgan fingerprint density at radius 3 is 2.71 bits per heavy atom. The van der Waals surface area contributed by atoms with E-state index in [1.54, 1.807) is 24.0 Å². The monoisotopic (exact) mass is 323 g/mol. The molecule has 3 rings (SSSR count). The van der Waals surface area contributed by atoms with Crippen LogP contribution >= 0.6 is 0 Å². The van der Waals surface area contributed by atoms with Gasteiger partial charge in [0.15, 0.2) is 11.6 Å². The molecule has 0 spiro atoms. The van der Waals surface area contributed by atoms with Crippen LogP contribution in [-0.2, 0) is 7.05 Å². The van der Waals surface area contributed by atoms with E-state index in [4.69, 9.17) is 0 Å². The molecule has 1 heterocycles. The number of nitrogens with zero attached hydrogens (tertiary/aromatic N) is 3. The van der Waals surface area contributed by atoms with Crippen molar-refractivity contribution in [2.45, 2.75) is 12.3 Å². The molecule has 0 amide bonds. The van der Waals surface area contributed by atoms with E-state index in [2.05, 4.69) is 4.98 Å². The van der Waals surface area contributed by atoms with Crippen LogP contribution in [0.4, 0.5) is 0 Å². The molecular weight excluding hydrogens is 306 g/mol. The highest BCUT2D eigenvalue weighted by Crippen LogP contribution is 2.29. The van der Waals surface area contributed by atoms with Gasteiger partial charge in [-0.05, 0) is 16.3 Å². The van der Waals surface area contributed by atoms with Gasteiger partial charge in [0.2, 0.25) is 6.54 Å². The van der Waals surface area contributed by atoms with Gasteiger partial charge in [0.05, 0.1) is 5.92 Å². The van der Waals surface area contributed by atoms with Gasteiger partial charge >= 0.3 is 0 Å². The fourth-order valence-electron chi connectivity index (χ4n) is 3.01. The van der Waals surface area contributed by atoms with E-state index in [0.717, 1.165) is 16.3 Å². The third-order valence-electron chi connectivity index (χ3n) is 4.14. The summed E-state index contributed by atoms with van der Waals surface area (Å²) in [7, 11) is 1.74. The van der Waals surface area contributed by atoms with E-state index in [1.807, 2.05) is 42.5 Å². The molecule has 0 fully saturated rings. The van der Waals surface area contributed by atoms with Gasteiger partial charge in [0, 0.05) is 30.8 Å². The average Bonchev–Trinajstić information content (AvgIpc) is 2.99. The van der Waals surface area contributed by atoms with Gasteiger partial charge in [-0.15, -0.1) is 0 Å². The maximum Gasteiger partial charge on any atom is 0.211 e. The molecule has 0 aliphatic carbocycles. The molecule has 2 aromatic carbocycles. The number of hydrogen-bond donors (Lipinski definition) is 0. The van der Waals surface area contributed by atoms with E-state index in [-0.39, 0.29) is 23.7 Å². The van der Waals surface area contributed by atoms with Crippen molar-refractivity contribution in [3.63, 3.8) is 0 Å². The molecule has 1 aromatic heterocycles. The number of nitro groups is 1. The van der Waals surface area contributed by atoms with Gasteiger partial charge in [-0.2, -0.15) is 0 Å². The summed E-state index contributed by atoms with van der Waals surface area (Å²) in [6.45, 7) is -0.288. The topological polar surface area (TPSA) is 78.0 Å². The number of hydrogen-bond acceptors (Lipinski definition) is 4. The molecule has 0 aliphatic rings. The van der Waals surface area contributed by atoms with Gasteiger partial charge < -0.3 is 4.57 Å². The highest BCUT2D eigenvalue weighted by atomic mass is 16.6. The SMILES string of the molecule is Cn1ccnc1C(=O)C[C@@H](C[N+](=O)[O-])c1cccc2ccccc12. The molecule has 1 atom stereocenters. The van der Waals surface area contributed by atoms with E-state index in [1.165, 1.54) is 0 Å². The second kappa shape index (κ2) is 6.62. The van der Waals surface area contributed by atoms with E-state index in [9.17, 15) is 14.9 Å². The van der Waals surface area contributed by atoms with Crippen molar-refractivity contribution < 1.29 is 9.72 Å². The minimum absolute atomic E-state index is 0.0554. The van der Waals surface area contributed by atoms with Crippen LogP contribution in [0.3, 0.4) is 0 Å². The lowest BCUT2D eigenvalue weighted by Gasteiger charge is -2.15. The van der Waals surface area contributed by atoms with Crippen LogP contribution in [0.1, 0.15) is 28.5 Å². The number of carbonyl (C=O) groups excluding carboxylic acids is 1. The predicted molar refractivity (Wildman–Crippen MR) is 90.7 cm³/mol. The zero-order chi connectivity index (χ0) is 17.1. The number of aromatic nitrogens is 2. The molecule has 3 aromatic rings. The summed E-state index contributed by atoms with van der Waals surface area (Å²) < 4.78 is 1.63. The average molecular weight is 323 g/mol. The summed E-state index contributed by atoms with van der Waals surface area (Å²) >= 11 is 0. The normalized spacial score (nSPS) is 12.2. The van der Waals surface area contributed by atoms with Crippen molar-refractivity contribution in [1.29, 1.82) is 0 Å². The Bertz CT molecular complexity index is 896. The number of Topliss-reactive ketones (excluding diaryl/α,β-unsaturated/α-hetero) is 1. The second-order valence-electron chi connectivity index (χ2n) is 5.77. The first-order valence-electron chi connectivity index (χ1n) is 7.66. The number of carbonyl (C=O) groups is 1. The van der Waals surface area contributed by atoms with Crippen molar-refractivity contribution in [3.8, 4) is 0 Å². The first kappa shape index (κ1) is 15.9. The van der Waals surface area contributed by atoms with Crippen molar-refractivity contribution >= 4 is 16.6 Å². The number of benzene rings is 2. The number of fused-ring (bicyclic) bond motifs is 1. The minimum Gasteiger partial charge on any atom is -0.332 e. The summed E-state index contributed by atoms with van der Waals surface area (Å²) in [5, 5.41) is 13.1. The van der Waals surface area contributed by atoms with Crippen LogP contribution < -0.4 is 0 Å². The summed E-state index contributed by atoms with van der Waals surface area (Å²) in [5.41, 5.74) is 0.826. The molecule has 24 heavy (non-hydrogen) atoms. The third-order valence-corrected chi connectivity index (χ3v) is 4.14. The molecule has 6 nitrogen and oxygen atoms in total. The number of imidazole rings is 1. The third kappa shape index (κ3) is 3.17. The molecule has 0 saturated heterocycles. The quantitative estimate of drug-likeness (QED) is 0.396. The standard InChI is InChI=1S/C18H17N3O3/c1-20-10-9-19-18(20)17(22)11-14(12-21(23)24)16-8-4-6-13-5-2-3-7-15(13)16/h2-10,14H,11-12H2,1H3/t14-/m0/s1. The highest BCUT2D eigenvalue weighted by Gasteiger charge is 2.25. The van der Waals surface area contributed by atoms with Gasteiger partial charge in [-0.1, -0.05) is 42.5 Å². The van der Waals surface area contributed by atoms with Crippen molar-refractivity contribution in [3.05, 3.63) is 76.4 Å². The van der Waals surface area contributed by atoms with Crippen molar-refractivity contribution in [2.24, 2.45) is 7.05 Å². The number of rotatable bonds is 6. The van der Waals surface area contributed by atoms with Crippen molar-refractivity contribution in [2.75, 3.05) is 6.54 Å². The van der Waals surface area contributed by atoms with Crippen LogP contribution in [0.2, 0.25) is 0 Å². The van der Waals surface area contributed by atoms with Crippen molar-refractivity contribution in [1.82, 2.24) is 9.55 Å². The molecule has 0 radical (unpaired) electrons. The predicted octanol–water partition coefficient (Wildman–Crippen LogP) is 3.21. The number of ketones is 1. The van der Waals surface area contributed by atoms with Crippen LogP contribution in [0.5, 0.6) is 0 Å². The fraction of sp³-hybridized carbons (Fsp3) is 0.222. The van der Waals surface area contributed by atoms with Crippen LogP contribution in [0.15, 0.2) is 54.9 Å².